The second kappa shape index (κ2) is 7.47. The minimum Gasteiger partial charge on any atom is -0.504 e. The van der Waals surface area contributed by atoms with Gasteiger partial charge in [0.15, 0.2) is 11.5 Å². The molecule has 2 aromatic rings. The van der Waals surface area contributed by atoms with Crippen molar-refractivity contribution >= 4 is 11.7 Å². The normalized spacial score (nSPS) is 11.2. The summed E-state index contributed by atoms with van der Waals surface area (Å²) in [4.78, 5) is 12.0. The third kappa shape index (κ3) is 5.14. The smallest absolute Gasteiger partial charge is 0.319 e. The van der Waals surface area contributed by atoms with Crippen LogP contribution in [0.4, 0.5) is 10.5 Å². The maximum atomic E-state index is 12.0. The van der Waals surface area contributed by atoms with Gasteiger partial charge in [0, 0.05) is 12.2 Å². The van der Waals surface area contributed by atoms with E-state index in [0.29, 0.717) is 13.0 Å². The number of phenolic OH excluding ortho intramolecular Hbond substituents is 2. The van der Waals surface area contributed by atoms with E-state index in [0.717, 1.165) is 16.8 Å². The Kier molecular flexibility index (Phi) is 5.57. The Morgan fingerprint density at radius 3 is 2.24 bits per heavy atom. The van der Waals surface area contributed by atoms with Crippen LogP contribution < -0.4 is 10.6 Å². The van der Waals surface area contributed by atoms with E-state index >= 15 is 0 Å². The largest absolute Gasteiger partial charge is 0.504 e. The van der Waals surface area contributed by atoms with E-state index in [1.54, 1.807) is 0 Å². The standard InChI is InChI=1S/C20H26N2O3/c1-13-11-17(23)18(24)12-14(13)9-10-21-19(25)22-16-7-5-15(6-8-16)20(2,3)4/h5-8,11-12,23-24H,9-10H2,1-4H3,(H2,21,22,25). The minimum atomic E-state index is -0.274. The van der Waals surface area contributed by atoms with E-state index in [2.05, 4.69) is 31.4 Å². The number of anilines is 1. The van der Waals surface area contributed by atoms with Gasteiger partial charge in [0.25, 0.3) is 0 Å². The Morgan fingerprint density at radius 1 is 1.04 bits per heavy atom. The average molecular weight is 342 g/mol. The van der Waals surface area contributed by atoms with Crippen LogP contribution in [0.2, 0.25) is 0 Å². The number of aromatic hydroxyl groups is 2. The van der Waals surface area contributed by atoms with Crippen molar-refractivity contribution in [1.29, 1.82) is 0 Å². The van der Waals surface area contributed by atoms with Gasteiger partial charge in [-0.25, -0.2) is 4.79 Å². The molecule has 2 rings (SSSR count). The van der Waals surface area contributed by atoms with Crippen LogP contribution in [0.1, 0.15) is 37.5 Å². The molecule has 0 saturated heterocycles. The Morgan fingerprint density at radius 2 is 1.64 bits per heavy atom. The van der Waals surface area contributed by atoms with Crippen LogP contribution >= 0.6 is 0 Å². The van der Waals surface area contributed by atoms with Gasteiger partial charge in [-0.1, -0.05) is 32.9 Å². The van der Waals surface area contributed by atoms with Crippen molar-refractivity contribution in [2.45, 2.75) is 39.5 Å². The second-order valence-electron chi connectivity index (χ2n) is 7.23. The molecule has 0 aromatic heterocycles. The van der Waals surface area contributed by atoms with Gasteiger partial charge in [-0.05, 0) is 59.7 Å². The summed E-state index contributed by atoms with van der Waals surface area (Å²) in [6.07, 6.45) is 0.566. The van der Waals surface area contributed by atoms with Crippen LogP contribution in [-0.2, 0) is 11.8 Å². The number of urea groups is 1. The third-order valence-electron chi connectivity index (χ3n) is 4.12. The van der Waals surface area contributed by atoms with Crippen LogP contribution in [0.25, 0.3) is 0 Å². The highest BCUT2D eigenvalue weighted by atomic mass is 16.3. The summed E-state index contributed by atoms with van der Waals surface area (Å²) in [6, 6.07) is 10.6. The van der Waals surface area contributed by atoms with Gasteiger partial charge < -0.3 is 20.8 Å². The molecule has 5 heteroatoms. The molecule has 0 saturated carbocycles. The number of benzene rings is 2. The quantitative estimate of drug-likeness (QED) is 0.632. The molecule has 0 aliphatic heterocycles. The van der Waals surface area contributed by atoms with Gasteiger partial charge in [0.2, 0.25) is 0 Å². The van der Waals surface area contributed by atoms with Crippen molar-refractivity contribution < 1.29 is 15.0 Å². The first-order valence-corrected chi connectivity index (χ1v) is 8.33. The number of rotatable bonds is 4. The molecule has 4 N–H and O–H groups in total. The highest BCUT2D eigenvalue weighted by molar-refractivity contribution is 5.89. The van der Waals surface area contributed by atoms with Gasteiger partial charge in [-0.15, -0.1) is 0 Å². The highest BCUT2D eigenvalue weighted by Gasteiger charge is 2.13. The molecular formula is C20H26N2O3. The number of nitrogens with one attached hydrogen (secondary N) is 2. The Balaban J connectivity index is 1.86. The topological polar surface area (TPSA) is 81.6 Å². The summed E-state index contributed by atoms with van der Waals surface area (Å²) in [5.41, 5.74) is 3.78. The first-order chi connectivity index (χ1) is 11.7. The zero-order chi connectivity index (χ0) is 18.6. The van der Waals surface area contributed by atoms with Crippen molar-refractivity contribution in [3.63, 3.8) is 0 Å². The molecule has 134 valence electrons. The van der Waals surface area contributed by atoms with Gasteiger partial charge in [-0.3, -0.25) is 0 Å². The first kappa shape index (κ1) is 18.6. The van der Waals surface area contributed by atoms with Crippen LogP contribution in [0, 0.1) is 6.92 Å². The Labute approximate surface area is 148 Å². The fourth-order valence-corrected chi connectivity index (χ4v) is 2.53. The zero-order valence-corrected chi connectivity index (χ0v) is 15.2. The molecule has 25 heavy (non-hydrogen) atoms. The van der Waals surface area contributed by atoms with E-state index in [-0.39, 0.29) is 22.9 Å². The minimum absolute atomic E-state index is 0.0777. The van der Waals surface area contributed by atoms with E-state index in [1.165, 1.54) is 17.7 Å². The van der Waals surface area contributed by atoms with E-state index in [1.807, 2.05) is 31.2 Å². The van der Waals surface area contributed by atoms with Gasteiger partial charge >= 0.3 is 6.03 Å². The summed E-state index contributed by atoms with van der Waals surface area (Å²) in [5, 5.41) is 24.6. The lowest BCUT2D eigenvalue weighted by atomic mass is 9.87. The molecule has 2 aromatic carbocycles. The molecule has 0 radical (unpaired) electrons. The van der Waals surface area contributed by atoms with Crippen LogP contribution in [-0.4, -0.2) is 22.8 Å². The number of hydrogen-bond donors (Lipinski definition) is 4. The average Bonchev–Trinajstić information content (AvgIpc) is 2.52. The molecule has 0 atom stereocenters. The SMILES string of the molecule is Cc1cc(O)c(O)cc1CCNC(=O)Nc1ccc(C(C)(C)C)cc1. The van der Waals surface area contributed by atoms with Crippen LogP contribution in [0.3, 0.4) is 0 Å². The lowest BCUT2D eigenvalue weighted by molar-refractivity contribution is 0.252. The molecule has 0 spiro atoms. The number of amides is 2. The van der Waals surface area contributed by atoms with Crippen LogP contribution in [0.15, 0.2) is 36.4 Å². The maximum Gasteiger partial charge on any atom is 0.319 e. The fraction of sp³-hybridized carbons (Fsp3) is 0.350. The zero-order valence-electron chi connectivity index (χ0n) is 15.2. The number of carbonyl (C=O) groups excluding carboxylic acids is 1. The summed E-state index contributed by atoms with van der Waals surface area (Å²) in [7, 11) is 0. The fourth-order valence-electron chi connectivity index (χ4n) is 2.53. The Bertz CT molecular complexity index is 747. The van der Waals surface area contributed by atoms with E-state index in [9.17, 15) is 15.0 Å². The molecule has 0 aliphatic carbocycles. The summed E-state index contributed by atoms with van der Waals surface area (Å²) in [6.45, 7) is 8.71. The number of hydrogen-bond acceptors (Lipinski definition) is 3. The van der Waals surface area contributed by atoms with Crippen molar-refractivity contribution in [2.24, 2.45) is 0 Å². The van der Waals surface area contributed by atoms with E-state index < -0.39 is 0 Å². The van der Waals surface area contributed by atoms with E-state index in [4.69, 9.17) is 0 Å². The molecule has 2 amide bonds. The first-order valence-electron chi connectivity index (χ1n) is 8.33. The lowest BCUT2D eigenvalue weighted by Gasteiger charge is -2.19. The third-order valence-corrected chi connectivity index (χ3v) is 4.12. The summed E-state index contributed by atoms with van der Waals surface area (Å²) >= 11 is 0. The van der Waals surface area contributed by atoms with Crippen molar-refractivity contribution in [3.05, 3.63) is 53.1 Å². The van der Waals surface area contributed by atoms with Crippen LogP contribution in [0.5, 0.6) is 11.5 Å². The predicted molar refractivity (Wildman–Crippen MR) is 100 cm³/mol. The maximum absolute atomic E-state index is 12.0. The molecular weight excluding hydrogens is 316 g/mol. The van der Waals surface area contributed by atoms with Gasteiger partial charge in [0.05, 0.1) is 0 Å². The van der Waals surface area contributed by atoms with Crippen molar-refractivity contribution in [1.82, 2.24) is 5.32 Å². The Hall–Kier alpha value is -2.69. The molecule has 0 fully saturated rings. The number of phenols is 2. The molecule has 0 aliphatic rings. The van der Waals surface area contributed by atoms with Crippen molar-refractivity contribution in [2.75, 3.05) is 11.9 Å². The van der Waals surface area contributed by atoms with Crippen molar-refractivity contribution in [3.8, 4) is 11.5 Å². The van der Waals surface area contributed by atoms with Gasteiger partial charge in [-0.2, -0.15) is 0 Å². The summed E-state index contributed by atoms with van der Waals surface area (Å²) < 4.78 is 0. The second-order valence-corrected chi connectivity index (χ2v) is 7.23. The van der Waals surface area contributed by atoms with Gasteiger partial charge in [0.1, 0.15) is 0 Å². The lowest BCUT2D eigenvalue weighted by Crippen LogP contribution is -2.30. The number of aryl methyl sites for hydroxylation is 1. The monoisotopic (exact) mass is 342 g/mol. The molecule has 0 bridgehead atoms. The molecule has 0 unspecified atom stereocenters. The summed E-state index contributed by atoms with van der Waals surface area (Å²) in [5.74, 6) is -0.283. The predicted octanol–water partition coefficient (Wildman–Crippen LogP) is 4.07. The number of carbonyl (C=O) groups is 1. The highest BCUT2D eigenvalue weighted by Crippen LogP contribution is 2.28. The molecule has 0 heterocycles. The molecule has 5 nitrogen and oxygen atoms in total.